The monoisotopic (exact) mass is 261 g/mol. The Balaban J connectivity index is 2.11. The smallest absolute Gasteiger partial charge is 0.274 e. The number of anilines is 1. The third-order valence-corrected chi connectivity index (χ3v) is 2.25. The topological polar surface area (TPSA) is 123 Å². The molecule has 0 aliphatic heterocycles. The van der Waals surface area contributed by atoms with E-state index in [4.69, 9.17) is 5.11 Å². The van der Waals surface area contributed by atoms with E-state index in [0.717, 1.165) is 0 Å². The maximum absolute atomic E-state index is 11.2. The minimum absolute atomic E-state index is 0.0451. The van der Waals surface area contributed by atoms with Crippen molar-refractivity contribution in [3.63, 3.8) is 0 Å². The van der Waals surface area contributed by atoms with Crippen molar-refractivity contribution in [1.29, 1.82) is 0 Å². The fraction of sp³-hybridized carbons (Fsp3) is 0.0909. The first-order valence-corrected chi connectivity index (χ1v) is 5.31. The standard InChI is InChI=1S/C11H11N5O3/c1-6-10(19)13-11(16-14-6)15-12-5-7-2-3-8(17)4-9(7)18/h2-5,17-18H,1H3,(H2,13,15,16,19). The van der Waals surface area contributed by atoms with Gasteiger partial charge >= 0.3 is 0 Å². The number of benzene rings is 1. The van der Waals surface area contributed by atoms with E-state index in [-0.39, 0.29) is 28.7 Å². The average Bonchev–Trinajstić information content (AvgIpc) is 2.36. The predicted molar refractivity (Wildman–Crippen MR) is 68.4 cm³/mol. The molecule has 1 heterocycles. The molecule has 1 aromatic carbocycles. The molecule has 8 heteroatoms. The highest BCUT2D eigenvalue weighted by Gasteiger charge is 2.00. The molecule has 2 rings (SSSR count). The molecule has 1 aromatic heterocycles. The fourth-order valence-corrected chi connectivity index (χ4v) is 1.25. The number of nitrogens with zero attached hydrogens (tertiary/aromatic N) is 3. The third kappa shape index (κ3) is 3.06. The van der Waals surface area contributed by atoms with Gasteiger partial charge in [-0.2, -0.15) is 5.10 Å². The SMILES string of the molecule is Cc1nnc(NN=Cc2ccc(O)cc2O)[nH]c1=O. The van der Waals surface area contributed by atoms with E-state index in [2.05, 4.69) is 25.7 Å². The lowest BCUT2D eigenvalue weighted by atomic mass is 10.2. The van der Waals surface area contributed by atoms with Crippen LogP contribution in [0, 0.1) is 6.92 Å². The highest BCUT2D eigenvalue weighted by Crippen LogP contribution is 2.20. The van der Waals surface area contributed by atoms with Gasteiger partial charge in [-0.25, -0.2) is 5.43 Å². The van der Waals surface area contributed by atoms with E-state index < -0.39 is 0 Å². The number of aryl methyl sites for hydroxylation is 1. The molecule has 0 saturated heterocycles. The molecule has 19 heavy (non-hydrogen) atoms. The molecule has 8 nitrogen and oxygen atoms in total. The zero-order valence-corrected chi connectivity index (χ0v) is 9.95. The number of phenolic OH excluding ortho intramolecular Hbond substituents is 2. The summed E-state index contributed by atoms with van der Waals surface area (Å²) in [6.07, 6.45) is 1.31. The second-order valence-corrected chi connectivity index (χ2v) is 3.70. The number of hydrazone groups is 1. The van der Waals surface area contributed by atoms with E-state index >= 15 is 0 Å². The van der Waals surface area contributed by atoms with Gasteiger partial charge in [-0.15, -0.1) is 10.2 Å². The first kappa shape index (κ1) is 12.6. The number of phenols is 2. The molecule has 0 bridgehead atoms. The number of hydrogen-bond donors (Lipinski definition) is 4. The molecule has 4 N–H and O–H groups in total. The lowest BCUT2D eigenvalue weighted by molar-refractivity contribution is 0.450. The Labute approximate surface area is 107 Å². The number of nitrogens with one attached hydrogen (secondary N) is 2. The summed E-state index contributed by atoms with van der Waals surface area (Å²) in [5.74, 6) is -0.0736. The highest BCUT2D eigenvalue weighted by atomic mass is 16.3. The molecule has 0 aliphatic rings. The van der Waals surface area contributed by atoms with Gasteiger partial charge in [-0.1, -0.05) is 0 Å². The Bertz CT molecular complexity index is 680. The van der Waals surface area contributed by atoms with Gasteiger partial charge in [0.25, 0.3) is 5.56 Å². The van der Waals surface area contributed by atoms with Crippen LogP contribution in [0.25, 0.3) is 0 Å². The van der Waals surface area contributed by atoms with Crippen molar-refractivity contribution in [3.05, 3.63) is 39.8 Å². The second kappa shape index (κ2) is 5.17. The quantitative estimate of drug-likeness (QED) is 0.466. The van der Waals surface area contributed by atoms with Gasteiger partial charge in [0, 0.05) is 11.6 Å². The van der Waals surface area contributed by atoms with Gasteiger partial charge in [0.1, 0.15) is 17.2 Å². The van der Waals surface area contributed by atoms with Gasteiger partial charge in [0.15, 0.2) is 0 Å². The van der Waals surface area contributed by atoms with Gasteiger partial charge in [0.05, 0.1) is 6.21 Å². The van der Waals surface area contributed by atoms with Crippen LogP contribution in [-0.4, -0.2) is 31.6 Å². The number of aromatic amines is 1. The lowest BCUT2D eigenvalue weighted by Crippen LogP contribution is -2.15. The summed E-state index contributed by atoms with van der Waals surface area (Å²) in [4.78, 5) is 13.7. The molecular weight excluding hydrogens is 250 g/mol. The normalized spacial score (nSPS) is 10.8. The van der Waals surface area contributed by atoms with Crippen LogP contribution in [0.2, 0.25) is 0 Å². The summed E-state index contributed by atoms with van der Waals surface area (Å²) >= 11 is 0. The maximum atomic E-state index is 11.2. The zero-order chi connectivity index (χ0) is 13.8. The van der Waals surface area contributed by atoms with Crippen molar-refractivity contribution in [2.75, 3.05) is 5.43 Å². The van der Waals surface area contributed by atoms with Crippen LogP contribution >= 0.6 is 0 Å². The highest BCUT2D eigenvalue weighted by molar-refractivity contribution is 5.84. The van der Waals surface area contributed by atoms with Crippen molar-refractivity contribution in [3.8, 4) is 11.5 Å². The van der Waals surface area contributed by atoms with Crippen LogP contribution < -0.4 is 11.0 Å². The molecule has 0 amide bonds. The second-order valence-electron chi connectivity index (χ2n) is 3.70. The molecule has 0 unspecified atom stereocenters. The number of hydrogen-bond acceptors (Lipinski definition) is 7. The molecule has 98 valence electrons. The minimum atomic E-state index is -0.361. The Morgan fingerprint density at radius 3 is 2.84 bits per heavy atom. The van der Waals surface area contributed by atoms with Crippen molar-refractivity contribution in [1.82, 2.24) is 15.2 Å². The van der Waals surface area contributed by atoms with Crippen molar-refractivity contribution < 1.29 is 10.2 Å². The number of H-pyrrole nitrogens is 1. The van der Waals surface area contributed by atoms with Gasteiger partial charge in [-0.3, -0.25) is 9.78 Å². The zero-order valence-electron chi connectivity index (χ0n) is 9.95. The summed E-state index contributed by atoms with van der Waals surface area (Å²) in [6, 6.07) is 4.09. The van der Waals surface area contributed by atoms with Gasteiger partial charge in [-0.05, 0) is 19.1 Å². The summed E-state index contributed by atoms with van der Waals surface area (Å²) in [5, 5.41) is 29.7. The van der Waals surface area contributed by atoms with Crippen molar-refractivity contribution in [2.45, 2.75) is 6.92 Å². The van der Waals surface area contributed by atoms with Crippen LogP contribution in [-0.2, 0) is 0 Å². The van der Waals surface area contributed by atoms with Crippen LogP contribution in [0.4, 0.5) is 5.95 Å². The number of aromatic nitrogens is 3. The van der Waals surface area contributed by atoms with Crippen LogP contribution in [0.3, 0.4) is 0 Å². The Hall–Kier alpha value is -2.90. The lowest BCUT2D eigenvalue weighted by Gasteiger charge is -2.00. The summed E-state index contributed by atoms with van der Waals surface area (Å²) in [7, 11) is 0. The van der Waals surface area contributed by atoms with E-state index in [9.17, 15) is 9.90 Å². The maximum Gasteiger partial charge on any atom is 0.274 e. The summed E-state index contributed by atoms with van der Waals surface area (Å²) < 4.78 is 0. The Kier molecular flexibility index (Phi) is 3.42. The molecule has 0 spiro atoms. The third-order valence-electron chi connectivity index (χ3n) is 2.25. The Morgan fingerprint density at radius 1 is 1.37 bits per heavy atom. The molecule has 0 aliphatic carbocycles. The average molecular weight is 261 g/mol. The first-order chi connectivity index (χ1) is 9.06. The number of aromatic hydroxyl groups is 2. The van der Waals surface area contributed by atoms with Crippen LogP contribution in [0.1, 0.15) is 11.3 Å². The molecular formula is C11H11N5O3. The van der Waals surface area contributed by atoms with E-state index in [1.807, 2.05) is 0 Å². The molecule has 0 radical (unpaired) electrons. The summed E-state index contributed by atoms with van der Waals surface area (Å²) in [6.45, 7) is 1.54. The van der Waals surface area contributed by atoms with Gasteiger partial charge < -0.3 is 10.2 Å². The van der Waals surface area contributed by atoms with Crippen LogP contribution in [0.5, 0.6) is 11.5 Å². The van der Waals surface area contributed by atoms with Gasteiger partial charge in [0.2, 0.25) is 5.95 Å². The largest absolute Gasteiger partial charge is 0.508 e. The van der Waals surface area contributed by atoms with Crippen molar-refractivity contribution in [2.24, 2.45) is 5.10 Å². The summed E-state index contributed by atoms with van der Waals surface area (Å²) in [5.41, 5.74) is 2.76. The van der Waals surface area contributed by atoms with E-state index in [0.29, 0.717) is 5.56 Å². The predicted octanol–water partition coefficient (Wildman–Crippen LogP) is 0.331. The van der Waals surface area contributed by atoms with E-state index in [1.165, 1.54) is 31.3 Å². The first-order valence-electron chi connectivity index (χ1n) is 5.31. The van der Waals surface area contributed by atoms with E-state index in [1.54, 1.807) is 0 Å². The molecule has 0 atom stereocenters. The minimum Gasteiger partial charge on any atom is -0.508 e. The fourth-order valence-electron chi connectivity index (χ4n) is 1.25. The van der Waals surface area contributed by atoms with Crippen molar-refractivity contribution >= 4 is 12.2 Å². The molecule has 0 fully saturated rings. The number of rotatable bonds is 3. The van der Waals surface area contributed by atoms with Crippen LogP contribution in [0.15, 0.2) is 28.1 Å². The Morgan fingerprint density at radius 2 is 2.16 bits per heavy atom. The molecule has 0 saturated carbocycles. The molecule has 2 aromatic rings.